The zero-order valence-corrected chi connectivity index (χ0v) is 30.4. The number of ether oxygens (including phenoxy) is 2. The van der Waals surface area contributed by atoms with Crippen molar-refractivity contribution in [2.75, 3.05) is 45.3 Å². The van der Waals surface area contributed by atoms with Gasteiger partial charge in [-0.1, -0.05) is 35.9 Å². The van der Waals surface area contributed by atoms with Crippen LogP contribution in [0, 0.1) is 11.8 Å². The molecule has 2 aliphatic carbocycles. The van der Waals surface area contributed by atoms with E-state index in [-0.39, 0.29) is 17.1 Å². The minimum absolute atomic E-state index is 0.0649. The second-order valence-electron chi connectivity index (χ2n) is 14.6. The number of nitrogens with zero attached hydrogens (tertiary/aromatic N) is 2. The van der Waals surface area contributed by atoms with Gasteiger partial charge in [-0.2, -0.15) is 0 Å². The number of hydrogen-bond donors (Lipinski definition) is 2. The topological polar surface area (TPSA) is 125 Å². The number of aryl methyl sites for hydroxylation is 1. The summed E-state index contributed by atoms with van der Waals surface area (Å²) in [5, 5.41) is 12.0. The number of sulfonamides is 1. The Morgan fingerprint density at radius 1 is 1.18 bits per heavy atom. The van der Waals surface area contributed by atoms with Crippen molar-refractivity contribution in [3.8, 4) is 5.75 Å². The van der Waals surface area contributed by atoms with Crippen LogP contribution in [0.2, 0.25) is 5.02 Å². The summed E-state index contributed by atoms with van der Waals surface area (Å²) in [5.41, 5.74) is 0.437. The fraction of sp³-hybridized carbons (Fsp3) is 0.568. The highest BCUT2D eigenvalue weighted by Gasteiger charge is 2.47. The predicted molar refractivity (Wildman–Crippen MR) is 189 cm³/mol. The number of aliphatic hydroxyl groups is 1. The molecule has 2 N–H and O–H groups in total. The van der Waals surface area contributed by atoms with E-state index in [2.05, 4.69) is 27.8 Å². The van der Waals surface area contributed by atoms with Crippen LogP contribution in [0.25, 0.3) is 0 Å². The van der Waals surface area contributed by atoms with Crippen LogP contribution in [0.5, 0.6) is 5.75 Å². The summed E-state index contributed by atoms with van der Waals surface area (Å²) in [6.45, 7) is 4.99. The van der Waals surface area contributed by atoms with E-state index in [1.807, 2.05) is 12.1 Å². The van der Waals surface area contributed by atoms with Gasteiger partial charge >= 0.3 is 0 Å². The van der Waals surface area contributed by atoms with Gasteiger partial charge < -0.3 is 24.4 Å². The lowest BCUT2D eigenvalue weighted by Gasteiger charge is -2.46. The van der Waals surface area contributed by atoms with Crippen molar-refractivity contribution in [1.29, 1.82) is 0 Å². The number of carbonyl (C=O) groups is 2. The molecule has 2 bridgehead atoms. The van der Waals surface area contributed by atoms with Gasteiger partial charge in [-0.3, -0.25) is 14.3 Å². The summed E-state index contributed by atoms with van der Waals surface area (Å²) in [6, 6.07) is 11.1. The monoisotopic (exact) mass is 713 g/mol. The first kappa shape index (κ1) is 35.7. The minimum atomic E-state index is -4.11. The lowest BCUT2D eigenvalue weighted by atomic mass is 9.68. The third-order valence-corrected chi connectivity index (χ3v) is 13.1. The van der Waals surface area contributed by atoms with Crippen LogP contribution in [0.1, 0.15) is 69.1 Å². The first-order valence-electron chi connectivity index (χ1n) is 17.3. The molecule has 10 nitrogen and oxygen atoms in total. The van der Waals surface area contributed by atoms with Gasteiger partial charge in [0, 0.05) is 44.2 Å². The number of methoxy groups -OCH3 is 1. The maximum atomic E-state index is 13.8. The maximum absolute atomic E-state index is 13.8. The quantitative estimate of drug-likeness (QED) is 0.437. The van der Waals surface area contributed by atoms with Gasteiger partial charge in [0.15, 0.2) is 5.60 Å². The van der Waals surface area contributed by atoms with Gasteiger partial charge in [0.2, 0.25) is 15.9 Å². The Morgan fingerprint density at radius 2 is 1.98 bits per heavy atom. The Balaban J connectivity index is 1.48. The van der Waals surface area contributed by atoms with Crippen molar-refractivity contribution in [3.05, 3.63) is 70.3 Å². The largest absolute Gasteiger partial charge is 0.490 e. The Bertz CT molecular complexity index is 1730. The van der Waals surface area contributed by atoms with Crippen molar-refractivity contribution >= 4 is 39.1 Å². The molecular weight excluding hydrogens is 666 g/mol. The molecule has 1 saturated carbocycles. The molecule has 0 aromatic heterocycles. The normalized spacial score (nSPS) is 29.7. The summed E-state index contributed by atoms with van der Waals surface area (Å²) in [6.07, 6.45) is 8.84. The number of halogens is 1. The average molecular weight is 714 g/mol. The van der Waals surface area contributed by atoms with Crippen molar-refractivity contribution < 1.29 is 32.6 Å². The van der Waals surface area contributed by atoms with Crippen LogP contribution in [0.15, 0.2) is 48.6 Å². The zero-order chi connectivity index (χ0) is 35.1. The fourth-order valence-corrected chi connectivity index (χ4v) is 8.78. The maximum Gasteiger partial charge on any atom is 0.270 e. The lowest BCUT2D eigenvalue weighted by molar-refractivity contribution is -0.148. The number of nitrogens with one attached hydrogen (secondary N) is 1. The van der Waals surface area contributed by atoms with Crippen molar-refractivity contribution in [3.63, 3.8) is 0 Å². The third kappa shape index (κ3) is 6.96. The molecule has 0 unspecified atom stereocenters. The molecule has 2 aromatic rings. The fourth-order valence-electron chi connectivity index (χ4n) is 7.93. The standard InChI is InChI=1S/C37H48ClN3O7S/c1-24(2)49(45,46)39-35(43)37(44)20-34(42)40(3)17-6-5-9-32(47-4)29-13-10-26(29)21-41-22-36(23-48-33-15-11-27(37)19-31(33)41)16-7-8-25-18-28(38)12-14-30(25)36/h5,9,11-12,14-15,18-19,24,26,29,32,44H,6-8,10,13,16-17,20-23H2,1-4H3,(H,39,43)/b9-5+/t26-,29+,32-,36-,37+/m0/s1. The molecule has 266 valence electrons. The second-order valence-corrected chi connectivity index (χ2v) is 17.3. The van der Waals surface area contributed by atoms with E-state index in [0.29, 0.717) is 61.0 Å². The third-order valence-electron chi connectivity index (χ3n) is 11.2. The molecule has 2 heterocycles. The molecule has 2 aromatic carbocycles. The van der Waals surface area contributed by atoms with Gasteiger partial charge in [0.05, 0.1) is 30.1 Å². The first-order chi connectivity index (χ1) is 23.3. The molecule has 2 amide bonds. The summed E-state index contributed by atoms with van der Waals surface area (Å²) < 4.78 is 40.4. The van der Waals surface area contributed by atoms with E-state index < -0.39 is 39.1 Å². The van der Waals surface area contributed by atoms with Crippen LogP contribution in [0.3, 0.4) is 0 Å². The predicted octanol–water partition coefficient (Wildman–Crippen LogP) is 4.70. The van der Waals surface area contributed by atoms with E-state index in [1.54, 1.807) is 32.4 Å². The van der Waals surface area contributed by atoms with E-state index in [1.165, 1.54) is 29.9 Å². The molecule has 6 rings (SSSR count). The number of rotatable bonds is 4. The van der Waals surface area contributed by atoms with E-state index in [4.69, 9.17) is 21.1 Å². The van der Waals surface area contributed by atoms with Gasteiger partial charge in [-0.25, -0.2) is 8.42 Å². The molecule has 0 radical (unpaired) electrons. The zero-order valence-electron chi connectivity index (χ0n) is 28.8. The molecule has 12 heteroatoms. The van der Waals surface area contributed by atoms with Crippen LogP contribution in [-0.2, 0) is 41.8 Å². The van der Waals surface area contributed by atoms with Gasteiger partial charge in [-0.05, 0) is 105 Å². The summed E-state index contributed by atoms with van der Waals surface area (Å²) >= 11 is 6.44. The molecule has 49 heavy (non-hydrogen) atoms. The van der Waals surface area contributed by atoms with Crippen molar-refractivity contribution in [2.45, 2.75) is 81.2 Å². The van der Waals surface area contributed by atoms with Crippen LogP contribution < -0.4 is 14.4 Å². The highest BCUT2D eigenvalue weighted by atomic mass is 35.5. The molecule has 5 atom stereocenters. The molecule has 4 aliphatic rings. The molecular formula is C37H48ClN3O7S. The number of carbonyl (C=O) groups excluding carboxylic acids is 2. The summed E-state index contributed by atoms with van der Waals surface area (Å²) in [5.74, 6) is -0.460. The van der Waals surface area contributed by atoms with E-state index in [9.17, 15) is 23.1 Å². The molecule has 1 spiro atoms. The van der Waals surface area contributed by atoms with Crippen molar-refractivity contribution in [2.24, 2.45) is 11.8 Å². The summed E-state index contributed by atoms with van der Waals surface area (Å²) in [7, 11) is -0.760. The van der Waals surface area contributed by atoms with Gasteiger partial charge in [0.1, 0.15) is 5.75 Å². The number of amides is 2. The lowest BCUT2D eigenvalue weighted by Crippen LogP contribution is -2.51. The number of fused-ring (bicyclic) bond motifs is 4. The number of benzene rings is 2. The van der Waals surface area contributed by atoms with E-state index in [0.717, 1.165) is 32.1 Å². The number of hydrogen-bond acceptors (Lipinski definition) is 8. The minimum Gasteiger partial charge on any atom is -0.490 e. The van der Waals surface area contributed by atoms with Crippen molar-refractivity contribution in [1.82, 2.24) is 9.62 Å². The number of anilines is 1. The van der Waals surface area contributed by atoms with Gasteiger partial charge in [0.25, 0.3) is 5.91 Å². The Labute approximate surface area is 294 Å². The summed E-state index contributed by atoms with van der Waals surface area (Å²) in [4.78, 5) is 31.2. The average Bonchev–Trinajstić information content (AvgIpc) is 3.20. The Kier molecular flexibility index (Phi) is 10.1. The highest BCUT2D eigenvalue weighted by Crippen LogP contribution is 2.47. The molecule has 2 aliphatic heterocycles. The van der Waals surface area contributed by atoms with E-state index >= 15 is 0 Å². The SMILES string of the molecule is CO[C@H]1/C=C/CCN(C)C(=O)C[C@](O)(C(=O)NS(=O)(=O)C(C)C)c2ccc3c(c2)N(C[C@@H]2CC[C@H]21)C[C@@]1(CCCc2cc(Cl)ccc21)CO3. The van der Waals surface area contributed by atoms with Crippen LogP contribution in [0.4, 0.5) is 5.69 Å². The smallest absolute Gasteiger partial charge is 0.270 e. The van der Waals surface area contributed by atoms with Gasteiger partial charge in [-0.15, -0.1) is 0 Å². The highest BCUT2D eigenvalue weighted by molar-refractivity contribution is 7.90. The Hall–Kier alpha value is -3.12. The van der Waals surface area contributed by atoms with Crippen LogP contribution >= 0.6 is 11.6 Å². The Morgan fingerprint density at radius 3 is 2.69 bits per heavy atom. The first-order valence-corrected chi connectivity index (χ1v) is 19.2. The molecule has 1 fully saturated rings. The second kappa shape index (κ2) is 13.9. The van der Waals surface area contributed by atoms with Crippen LogP contribution in [-0.4, -0.2) is 82.0 Å². The molecule has 0 saturated heterocycles.